The molecule has 118 valence electrons. The van der Waals surface area contributed by atoms with Gasteiger partial charge in [-0.25, -0.2) is 0 Å². The molecule has 1 aromatic carbocycles. The summed E-state index contributed by atoms with van der Waals surface area (Å²) >= 11 is 0.899. The molecule has 0 aliphatic heterocycles. The molecule has 0 unspecified atom stereocenters. The van der Waals surface area contributed by atoms with Crippen molar-refractivity contribution in [2.24, 2.45) is 5.16 Å². The van der Waals surface area contributed by atoms with Crippen molar-refractivity contribution in [2.75, 3.05) is 12.9 Å². The van der Waals surface area contributed by atoms with E-state index in [0.717, 1.165) is 18.5 Å². The lowest BCUT2D eigenvalue weighted by Crippen LogP contribution is -2.24. The van der Waals surface area contributed by atoms with Gasteiger partial charge in [-0.1, -0.05) is 6.92 Å². The summed E-state index contributed by atoms with van der Waals surface area (Å²) in [5.41, 5.74) is -1.43. The van der Waals surface area contributed by atoms with Crippen LogP contribution in [0.4, 0.5) is 13.2 Å². The zero-order chi connectivity index (χ0) is 15.7. The first-order valence-corrected chi connectivity index (χ1v) is 6.81. The highest BCUT2D eigenvalue weighted by molar-refractivity contribution is 7.94. The van der Waals surface area contributed by atoms with Gasteiger partial charge >= 0.3 is 6.18 Å². The molecule has 0 atom stereocenters. The van der Waals surface area contributed by atoms with Crippen molar-refractivity contribution < 1.29 is 32.3 Å². The van der Waals surface area contributed by atoms with E-state index in [2.05, 4.69) is 19.5 Å². The Bertz CT molecular complexity index is 451. The molecule has 0 aliphatic carbocycles. The molecule has 0 saturated heterocycles. The van der Waals surface area contributed by atoms with Crippen LogP contribution in [0.2, 0.25) is 0 Å². The molecule has 0 spiro atoms. The SMILES string of the molecule is CCCSOOO/N=C(\c1ccc(OC)cc1)C(F)(F)F. The van der Waals surface area contributed by atoms with Crippen molar-refractivity contribution >= 4 is 17.8 Å². The lowest BCUT2D eigenvalue weighted by Gasteiger charge is -2.09. The summed E-state index contributed by atoms with van der Waals surface area (Å²) in [6, 6.07) is 5.18. The summed E-state index contributed by atoms with van der Waals surface area (Å²) in [5, 5.41) is 6.99. The molecule has 0 saturated carbocycles. The normalized spacial score (nSPS) is 12.3. The van der Waals surface area contributed by atoms with Crippen molar-refractivity contribution in [3.05, 3.63) is 29.8 Å². The number of nitrogens with zero attached hydrogens (tertiary/aromatic N) is 1. The molecule has 0 radical (unpaired) electrons. The van der Waals surface area contributed by atoms with Gasteiger partial charge in [0.1, 0.15) is 5.75 Å². The number of alkyl halides is 3. The fourth-order valence-corrected chi connectivity index (χ4v) is 1.52. The summed E-state index contributed by atoms with van der Waals surface area (Å²) < 4.78 is 47.9. The second-order valence-corrected chi connectivity index (χ2v) is 4.48. The molecule has 1 aromatic rings. The lowest BCUT2D eigenvalue weighted by atomic mass is 10.1. The second-order valence-electron chi connectivity index (χ2n) is 3.70. The first-order chi connectivity index (χ1) is 9.99. The van der Waals surface area contributed by atoms with Gasteiger partial charge in [-0.05, 0) is 35.8 Å². The van der Waals surface area contributed by atoms with Crippen LogP contribution < -0.4 is 4.74 Å². The van der Waals surface area contributed by atoms with E-state index >= 15 is 0 Å². The van der Waals surface area contributed by atoms with Crippen molar-refractivity contribution in [2.45, 2.75) is 19.5 Å². The second kappa shape index (κ2) is 8.75. The van der Waals surface area contributed by atoms with Crippen LogP contribution in [0.5, 0.6) is 5.75 Å². The van der Waals surface area contributed by atoms with Crippen LogP contribution in [0.15, 0.2) is 29.4 Å². The van der Waals surface area contributed by atoms with Gasteiger partial charge in [0.2, 0.25) is 0 Å². The van der Waals surface area contributed by atoms with E-state index in [-0.39, 0.29) is 5.56 Å². The van der Waals surface area contributed by atoms with Crippen LogP contribution in [-0.2, 0) is 14.4 Å². The molecule has 1 rings (SSSR count). The number of hydrogen-bond acceptors (Lipinski definition) is 6. The zero-order valence-electron chi connectivity index (χ0n) is 11.3. The van der Waals surface area contributed by atoms with E-state index in [9.17, 15) is 13.2 Å². The predicted octanol–water partition coefficient (Wildman–Crippen LogP) is 3.90. The molecule has 0 aliphatic rings. The molecule has 0 fully saturated rings. The molecule has 0 bridgehead atoms. The number of methoxy groups -OCH3 is 1. The minimum absolute atomic E-state index is 0.187. The van der Waals surface area contributed by atoms with Gasteiger partial charge in [0, 0.05) is 28.4 Å². The summed E-state index contributed by atoms with van der Waals surface area (Å²) in [6.07, 6.45) is -3.88. The highest BCUT2D eigenvalue weighted by Crippen LogP contribution is 2.24. The third-order valence-electron chi connectivity index (χ3n) is 2.15. The smallest absolute Gasteiger partial charge is 0.437 e. The molecule has 0 amide bonds. The lowest BCUT2D eigenvalue weighted by molar-refractivity contribution is -0.462. The molecular weight excluding hydrogens is 311 g/mol. The Morgan fingerprint density at radius 3 is 2.43 bits per heavy atom. The van der Waals surface area contributed by atoms with E-state index in [1.807, 2.05) is 6.92 Å². The standard InChI is InChI=1S/C12H14F3NO4S/c1-3-8-21-20-19-18-16-11(12(13,14)15)9-4-6-10(17-2)7-5-9/h4-7H,3,8H2,1-2H3/b16-11+. The van der Waals surface area contributed by atoms with Gasteiger partial charge < -0.3 is 4.74 Å². The minimum atomic E-state index is -4.70. The number of rotatable bonds is 8. The summed E-state index contributed by atoms with van der Waals surface area (Å²) in [7, 11) is 1.41. The predicted molar refractivity (Wildman–Crippen MR) is 71.6 cm³/mol. The van der Waals surface area contributed by atoms with Gasteiger partial charge in [0.15, 0.2) is 5.71 Å². The maximum absolute atomic E-state index is 12.9. The Kier molecular flexibility index (Phi) is 7.34. The maximum Gasteiger partial charge on any atom is 0.437 e. The molecule has 21 heavy (non-hydrogen) atoms. The first kappa shape index (κ1) is 17.6. The number of hydrogen-bond donors (Lipinski definition) is 0. The molecule has 0 aromatic heterocycles. The third kappa shape index (κ3) is 6.23. The first-order valence-electron chi connectivity index (χ1n) is 5.90. The van der Waals surface area contributed by atoms with Crippen molar-refractivity contribution in [3.8, 4) is 5.75 Å². The van der Waals surface area contributed by atoms with Crippen LogP contribution >= 0.6 is 12.0 Å². The summed E-state index contributed by atoms with van der Waals surface area (Å²) in [6.45, 7) is 1.90. The number of oxime groups is 1. The van der Waals surface area contributed by atoms with E-state index in [4.69, 9.17) is 4.74 Å². The van der Waals surface area contributed by atoms with Crippen LogP contribution in [0.1, 0.15) is 18.9 Å². The van der Waals surface area contributed by atoms with E-state index < -0.39 is 11.9 Å². The number of halogens is 3. The van der Waals surface area contributed by atoms with Gasteiger partial charge in [0.05, 0.1) is 7.11 Å². The van der Waals surface area contributed by atoms with E-state index in [0.29, 0.717) is 11.5 Å². The van der Waals surface area contributed by atoms with Crippen LogP contribution in [-0.4, -0.2) is 24.8 Å². The molecular formula is C12H14F3NO4S. The molecule has 5 nitrogen and oxygen atoms in total. The Morgan fingerprint density at radius 2 is 1.90 bits per heavy atom. The highest BCUT2D eigenvalue weighted by atomic mass is 32.2. The zero-order valence-corrected chi connectivity index (χ0v) is 12.2. The van der Waals surface area contributed by atoms with Gasteiger partial charge in [-0.3, -0.25) is 0 Å². The molecule has 0 heterocycles. The molecule has 9 heteroatoms. The van der Waals surface area contributed by atoms with Crippen molar-refractivity contribution in [1.29, 1.82) is 0 Å². The van der Waals surface area contributed by atoms with Gasteiger partial charge in [0.25, 0.3) is 0 Å². The van der Waals surface area contributed by atoms with Crippen LogP contribution in [0.25, 0.3) is 0 Å². The molecule has 0 N–H and O–H groups in total. The van der Waals surface area contributed by atoms with E-state index in [1.54, 1.807) is 0 Å². The topological polar surface area (TPSA) is 49.3 Å². The average molecular weight is 325 g/mol. The Labute approximate surface area is 124 Å². The van der Waals surface area contributed by atoms with Crippen LogP contribution in [0, 0.1) is 0 Å². The largest absolute Gasteiger partial charge is 0.497 e. The van der Waals surface area contributed by atoms with Crippen molar-refractivity contribution in [3.63, 3.8) is 0 Å². The fourth-order valence-electron chi connectivity index (χ4n) is 1.22. The van der Waals surface area contributed by atoms with Crippen molar-refractivity contribution in [1.82, 2.24) is 0 Å². The minimum Gasteiger partial charge on any atom is -0.497 e. The fraction of sp³-hybridized carbons (Fsp3) is 0.417. The average Bonchev–Trinajstić information content (AvgIpc) is 2.45. The number of benzene rings is 1. The maximum atomic E-state index is 12.9. The summed E-state index contributed by atoms with van der Waals surface area (Å²) in [4.78, 5) is 4.07. The third-order valence-corrected chi connectivity index (χ3v) is 2.88. The summed E-state index contributed by atoms with van der Waals surface area (Å²) in [5.74, 6) is 1.04. The highest BCUT2D eigenvalue weighted by Gasteiger charge is 2.38. The Morgan fingerprint density at radius 1 is 1.24 bits per heavy atom. The number of ether oxygens (including phenoxy) is 1. The quantitative estimate of drug-likeness (QED) is 0.238. The van der Waals surface area contributed by atoms with Gasteiger partial charge in [-0.15, -0.1) is 4.33 Å². The van der Waals surface area contributed by atoms with Crippen LogP contribution in [0.3, 0.4) is 0 Å². The monoisotopic (exact) mass is 325 g/mol. The Balaban J connectivity index is 2.71. The van der Waals surface area contributed by atoms with Gasteiger partial charge in [-0.2, -0.15) is 18.2 Å². The Hall–Kier alpha value is -1.45. The van der Waals surface area contributed by atoms with E-state index in [1.165, 1.54) is 31.4 Å².